The van der Waals surface area contributed by atoms with Gasteiger partial charge in [-0.3, -0.25) is 0 Å². The molecule has 0 fully saturated rings. The van der Waals surface area contributed by atoms with Crippen LogP contribution in [0.3, 0.4) is 0 Å². The lowest BCUT2D eigenvalue weighted by Crippen LogP contribution is -2.57. The van der Waals surface area contributed by atoms with Crippen LogP contribution in [0, 0.1) is 0 Å². The molecule has 5 heteroatoms. The summed E-state index contributed by atoms with van der Waals surface area (Å²) in [5.74, 6) is 3.28. The summed E-state index contributed by atoms with van der Waals surface area (Å²) in [5, 5.41) is 8.68. The molecule has 0 N–H and O–H groups in total. The average molecular weight is 678 g/mol. The van der Waals surface area contributed by atoms with E-state index in [1.165, 1.54) is 0 Å². The maximum atomic E-state index is 7.13. The largest absolute Gasteiger partial charge is 0.458 e. The highest BCUT2D eigenvalue weighted by atomic mass is 16.5. The molecule has 9 aromatic carbocycles. The van der Waals surface area contributed by atoms with E-state index in [9.17, 15) is 0 Å². The number of anilines is 3. The minimum absolute atomic E-state index is 0.0988. The lowest BCUT2D eigenvalue weighted by molar-refractivity contribution is 0.467. The molecule has 0 amide bonds. The molecular weight excluding hydrogens is 649 g/mol. The number of fused-ring (bicyclic) bond motifs is 14. The van der Waals surface area contributed by atoms with Gasteiger partial charge in [-0.25, -0.2) is 0 Å². The Bertz CT molecular complexity index is 3090. The molecule has 0 aliphatic carbocycles. The molecule has 0 saturated carbocycles. The number of ether oxygens (including phenoxy) is 2. The van der Waals surface area contributed by atoms with Crippen molar-refractivity contribution >= 4 is 94.4 Å². The quantitative estimate of drug-likeness (QED) is 0.174. The highest BCUT2D eigenvalue weighted by molar-refractivity contribution is 6.98. The van der Waals surface area contributed by atoms with Gasteiger partial charge in [0, 0.05) is 49.8 Å². The zero-order valence-corrected chi connectivity index (χ0v) is 28.4. The molecule has 0 unspecified atom stereocenters. The Hall–Kier alpha value is -6.98. The van der Waals surface area contributed by atoms with Crippen molar-refractivity contribution in [2.24, 2.45) is 0 Å². The molecule has 2 aliphatic rings. The number of para-hydroxylation sites is 2. The second-order valence-electron chi connectivity index (χ2n) is 14.0. The fourth-order valence-electron chi connectivity index (χ4n) is 8.84. The van der Waals surface area contributed by atoms with Crippen LogP contribution in [-0.4, -0.2) is 6.71 Å². The molecule has 10 aromatic rings. The predicted octanol–water partition coefficient (Wildman–Crippen LogP) is 11.2. The first-order chi connectivity index (χ1) is 26.3. The number of hydrogen-bond donors (Lipinski definition) is 0. The van der Waals surface area contributed by atoms with Crippen LogP contribution in [0.1, 0.15) is 0 Å². The number of furan rings is 1. The lowest BCUT2D eigenvalue weighted by Gasteiger charge is -2.34. The summed E-state index contributed by atoms with van der Waals surface area (Å²) in [4.78, 5) is 2.31. The van der Waals surface area contributed by atoms with Gasteiger partial charge in [-0.15, -0.1) is 0 Å². The number of benzene rings is 9. The third kappa shape index (κ3) is 4.02. The topological polar surface area (TPSA) is 34.8 Å². The van der Waals surface area contributed by atoms with E-state index in [4.69, 9.17) is 13.9 Å². The van der Waals surface area contributed by atoms with E-state index in [1.807, 2.05) is 0 Å². The fraction of sp³-hybridized carbons (Fsp3) is 0. The van der Waals surface area contributed by atoms with E-state index in [1.54, 1.807) is 0 Å². The smallest absolute Gasteiger partial charge is 0.260 e. The van der Waals surface area contributed by atoms with Crippen molar-refractivity contribution in [2.45, 2.75) is 0 Å². The average Bonchev–Trinajstić information content (AvgIpc) is 3.60. The second kappa shape index (κ2) is 10.8. The van der Waals surface area contributed by atoms with Crippen LogP contribution in [0.5, 0.6) is 23.0 Å². The van der Waals surface area contributed by atoms with Crippen LogP contribution in [-0.2, 0) is 0 Å². The zero-order valence-electron chi connectivity index (χ0n) is 28.4. The maximum Gasteiger partial charge on any atom is 0.260 e. The highest BCUT2D eigenvalue weighted by Crippen LogP contribution is 2.49. The van der Waals surface area contributed by atoms with Crippen LogP contribution in [0.25, 0.3) is 54.3 Å². The van der Waals surface area contributed by atoms with E-state index in [0.29, 0.717) is 0 Å². The summed E-state index contributed by atoms with van der Waals surface area (Å²) in [6.07, 6.45) is 0. The molecule has 4 nitrogen and oxygen atoms in total. The van der Waals surface area contributed by atoms with Crippen LogP contribution >= 0.6 is 0 Å². The summed E-state index contributed by atoms with van der Waals surface area (Å²) in [7, 11) is 0. The molecule has 246 valence electrons. The van der Waals surface area contributed by atoms with Gasteiger partial charge in [-0.05, 0) is 57.4 Å². The van der Waals surface area contributed by atoms with Crippen molar-refractivity contribution < 1.29 is 13.9 Å². The third-order valence-electron chi connectivity index (χ3n) is 11.1. The Morgan fingerprint density at radius 2 is 0.981 bits per heavy atom. The van der Waals surface area contributed by atoms with E-state index in [-0.39, 0.29) is 6.71 Å². The second-order valence-corrected chi connectivity index (χ2v) is 14.0. The maximum absolute atomic E-state index is 7.13. The normalized spacial score (nSPS) is 12.8. The minimum Gasteiger partial charge on any atom is -0.458 e. The Morgan fingerprint density at radius 3 is 1.62 bits per heavy atom. The molecule has 12 rings (SSSR count). The molecule has 1 aromatic heterocycles. The van der Waals surface area contributed by atoms with E-state index in [0.717, 1.165) is 111 Å². The first kappa shape index (κ1) is 28.7. The van der Waals surface area contributed by atoms with Crippen LogP contribution in [0.15, 0.2) is 174 Å². The molecule has 0 spiro atoms. The summed E-state index contributed by atoms with van der Waals surface area (Å²) >= 11 is 0. The first-order valence-electron chi connectivity index (χ1n) is 18.0. The summed E-state index contributed by atoms with van der Waals surface area (Å²) in [6, 6.07) is 59.8. The van der Waals surface area contributed by atoms with Gasteiger partial charge in [0.15, 0.2) is 11.3 Å². The van der Waals surface area contributed by atoms with E-state index >= 15 is 0 Å². The molecule has 3 heterocycles. The lowest BCUT2D eigenvalue weighted by atomic mass is 9.34. The van der Waals surface area contributed by atoms with Gasteiger partial charge >= 0.3 is 0 Å². The zero-order chi connectivity index (χ0) is 34.6. The third-order valence-corrected chi connectivity index (χ3v) is 11.1. The van der Waals surface area contributed by atoms with Crippen molar-refractivity contribution in [3.05, 3.63) is 170 Å². The molecule has 0 atom stereocenters. The van der Waals surface area contributed by atoms with Gasteiger partial charge in [0.05, 0.1) is 5.69 Å². The molecular formula is C48H28BNO3. The van der Waals surface area contributed by atoms with E-state index in [2.05, 4.69) is 175 Å². The summed E-state index contributed by atoms with van der Waals surface area (Å²) < 4.78 is 21.2. The number of nitrogens with zero attached hydrogens (tertiary/aromatic N) is 1. The first-order valence-corrected chi connectivity index (χ1v) is 18.0. The molecule has 53 heavy (non-hydrogen) atoms. The van der Waals surface area contributed by atoms with Gasteiger partial charge in [-0.1, -0.05) is 133 Å². The Morgan fingerprint density at radius 1 is 0.434 bits per heavy atom. The monoisotopic (exact) mass is 677 g/mol. The standard InChI is InChI=1S/C48H28BNO3/c1-3-15-31(16-4-1)50(32-17-5-2-6-18-32)40-28-41-43(36-22-12-11-21-35(36)40)37-27-42-44-48(47(37)51-41)53-46-34-20-10-8-14-30(34)24-26-39(46)49(44)38-25-23-29-13-7-9-19-33(29)45(38)52-42/h1-28H. The van der Waals surface area contributed by atoms with Crippen LogP contribution in [0.4, 0.5) is 17.1 Å². The predicted molar refractivity (Wildman–Crippen MR) is 219 cm³/mol. The van der Waals surface area contributed by atoms with Crippen molar-refractivity contribution in [3.8, 4) is 23.0 Å². The fourth-order valence-corrected chi connectivity index (χ4v) is 8.84. The number of rotatable bonds is 3. The minimum atomic E-state index is -0.0988. The van der Waals surface area contributed by atoms with Gasteiger partial charge in [0.25, 0.3) is 6.71 Å². The van der Waals surface area contributed by atoms with Crippen molar-refractivity contribution in [1.82, 2.24) is 0 Å². The summed E-state index contributed by atoms with van der Waals surface area (Å²) in [6.45, 7) is -0.0988. The Labute approximate surface area is 305 Å². The van der Waals surface area contributed by atoms with Gasteiger partial charge in [0.1, 0.15) is 22.8 Å². The Kier molecular flexibility index (Phi) is 5.83. The van der Waals surface area contributed by atoms with Crippen molar-refractivity contribution in [1.29, 1.82) is 0 Å². The SMILES string of the molecule is c1ccc(N(c2ccccc2)c2cc3oc4c5c6c(cc4c3c3ccccc23)Oc2c(ccc3ccccc23)B6c2ccc3ccccc3c2O5)cc1. The van der Waals surface area contributed by atoms with Crippen molar-refractivity contribution in [2.75, 3.05) is 4.90 Å². The summed E-state index contributed by atoms with van der Waals surface area (Å²) in [5.41, 5.74) is 7.94. The highest BCUT2D eigenvalue weighted by Gasteiger charge is 2.43. The van der Waals surface area contributed by atoms with Crippen molar-refractivity contribution in [3.63, 3.8) is 0 Å². The van der Waals surface area contributed by atoms with Gasteiger partial charge in [-0.2, -0.15) is 0 Å². The number of hydrogen-bond acceptors (Lipinski definition) is 4. The van der Waals surface area contributed by atoms with Crippen LogP contribution in [0.2, 0.25) is 0 Å². The molecule has 0 radical (unpaired) electrons. The van der Waals surface area contributed by atoms with Gasteiger partial charge < -0.3 is 18.8 Å². The van der Waals surface area contributed by atoms with E-state index < -0.39 is 0 Å². The molecule has 0 bridgehead atoms. The molecule has 0 saturated heterocycles. The van der Waals surface area contributed by atoms with Gasteiger partial charge in [0.2, 0.25) is 0 Å². The van der Waals surface area contributed by atoms with Crippen LogP contribution < -0.4 is 30.8 Å². The molecule has 2 aliphatic heterocycles. The Balaban J connectivity index is 1.19.